The molecule has 0 spiro atoms. The molecule has 1 N–H and O–H groups in total. The number of alkyl halides is 1. The number of allylic oxidation sites excluding steroid dienone is 10. The number of carbonyl (C=O) groups is 1. The average Bonchev–Trinajstić information content (AvgIpc) is 3.25. The van der Waals surface area contributed by atoms with E-state index in [0.29, 0.717) is 24.3 Å². The van der Waals surface area contributed by atoms with E-state index in [-0.39, 0.29) is 23.0 Å². The van der Waals surface area contributed by atoms with E-state index in [1.54, 1.807) is 19.1 Å². The molecule has 2 aromatic rings. The van der Waals surface area contributed by atoms with E-state index in [0.717, 1.165) is 84.3 Å². The molecule has 2 atom stereocenters. The second-order valence-electron chi connectivity index (χ2n) is 13.2. The van der Waals surface area contributed by atoms with Gasteiger partial charge in [0.25, 0.3) is 0 Å². The minimum atomic E-state index is -1.24. The quantitative estimate of drug-likeness (QED) is 0.301. The van der Waals surface area contributed by atoms with E-state index in [1.165, 1.54) is 18.2 Å². The van der Waals surface area contributed by atoms with E-state index in [4.69, 9.17) is 4.52 Å². The molecule has 0 bridgehead atoms. The number of aromatic carboxylic acids is 1. The molecule has 2 unspecified atom stereocenters. The van der Waals surface area contributed by atoms with Gasteiger partial charge in [-0.05, 0) is 125 Å². The fourth-order valence-electron chi connectivity index (χ4n) is 7.29. The molecule has 1 saturated carbocycles. The second-order valence-corrected chi connectivity index (χ2v) is 13.2. The number of carboxylic acids is 1. The summed E-state index contributed by atoms with van der Waals surface area (Å²) in [5.41, 5.74) is 5.04. The van der Waals surface area contributed by atoms with Crippen molar-refractivity contribution in [1.82, 2.24) is 5.16 Å². The zero-order chi connectivity index (χ0) is 32.3. The Morgan fingerprint density at radius 1 is 1.16 bits per heavy atom. The highest BCUT2D eigenvalue weighted by molar-refractivity contribution is 5.95. The van der Waals surface area contributed by atoms with E-state index in [2.05, 4.69) is 43.0 Å². The molecular weight excluding hydrogens is 568 g/mol. The van der Waals surface area contributed by atoms with Gasteiger partial charge in [-0.15, -0.1) is 0 Å². The van der Waals surface area contributed by atoms with E-state index >= 15 is 4.39 Å². The highest BCUT2D eigenvalue weighted by atomic mass is 19.1. The molecule has 1 heterocycles. The van der Waals surface area contributed by atoms with Crippen LogP contribution in [0.25, 0.3) is 17.2 Å². The van der Waals surface area contributed by atoms with Crippen molar-refractivity contribution in [3.8, 4) is 0 Å². The summed E-state index contributed by atoms with van der Waals surface area (Å²) >= 11 is 0. The van der Waals surface area contributed by atoms with Crippen LogP contribution in [0, 0.1) is 37.4 Å². The number of rotatable bonds is 8. The summed E-state index contributed by atoms with van der Waals surface area (Å²) < 4.78 is 36.8. The van der Waals surface area contributed by atoms with Crippen LogP contribution in [0.5, 0.6) is 0 Å². The molecule has 1 fully saturated rings. The van der Waals surface area contributed by atoms with Crippen LogP contribution in [0.2, 0.25) is 0 Å². The van der Waals surface area contributed by atoms with Crippen LogP contribution in [-0.4, -0.2) is 21.9 Å². The van der Waals surface area contributed by atoms with E-state index in [1.807, 2.05) is 13.8 Å². The fraction of sp³-hybridized carbons (Fsp3) is 0.436. The molecule has 5 rings (SSSR count). The molecule has 0 saturated heterocycles. The number of hydrogen-bond donors (Lipinski definition) is 1. The van der Waals surface area contributed by atoms with Gasteiger partial charge in [0.1, 0.15) is 17.2 Å². The number of halogens is 2. The van der Waals surface area contributed by atoms with Crippen LogP contribution in [0.1, 0.15) is 110 Å². The number of nitrogens with zero attached hydrogens (tertiary/aromatic N) is 1. The van der Waals surface area contributed by atoms with Gasteiger partial charge in [-0.2, -0.15) is 0 Å². The van der Waals surface area contributed by atoms with Gasteiger partial charge in [0.05, 0.1) is 11.3 Å². The Morgan fingerprint density at radius 3 is 2.56 bits per heavy atom. The van der Waals surface area contributed by atoms with Crippen LogP contribution in [0.15, 0.2) is 70.8 Å². The molecule has 1 aromatic carbocycles. The highest BCUT2D eigenvalue weighted by Crippen LogP contribution is 2.44. The Balaban J connectivity index is 1.58. The predicted octanol–water partition coefficient (Wildman–Crippen LogP) is 10.8. The Bertz CT molecular complexity index is 1590. The maximum Gasteiger partial charge on any atom is 0.336 e. The zero-order valence-corrected chi connectivity index (χ0v) is 27.0. The number of carboxylic acid groups (broad SMARTS) is 1. The molecule has 3 aliphatic carbocycles. The largest absolute Gasteiger partial charge is 0.478 e. The molecule has 45 heavy (non-hydrogen) atoms. The van der Waals surface area contributed by atoms with Gasteiger partial charge in [0, 0.05) is 16.7 Å². The highest BCUT2D eigenvalue weighted by Gasteiger charge is 2.33. The second kappa shape index (κ2) is 13.7. The third-order valence-electron chi connectivity index (χ3n) is 9.91. The smallest absolute Gasteiger partial charge is 0.336 e. The van der Waals surface area contributed by atoms with Crippen molar-refractivity contribution < 1.29 is 23.2 Å². The summed E-state index contributed by atoms with van der Waals surface area (Å²) in [4.78, 5) is 12.0. The zero-order valence-electron chi connectivity index (χ0n) is 27.0. The molecule has 0 aliphatic heterocycles. The van der Waals surface area contributed by atoms with Crippen molar-refractivity contribution >= 4 is 23.2 Å². The normalized spacial score (nSPS) is 25.7. The SMILES string of the molecule is C=CC1(F)CCC(CCC2C=C(c3ccc(C(=O)O)c(C=CC)c3F)C3=CCC(C)C=C(c4c(C)noc4C)C=C3CC2)CC1. The third kappa shape index (κ3) is 7.05. The topological polar surface area (TPSA) is 63.3 Å². The first kappa shape index (κ1) is 32.6. The molecule has 238 valence electrons. The molecular formula is C39H45F2NO3. The van der Waals surface area contributed by atoms with Crippen LogP contribution < -0.4 is 0 Å². The molecule has 6 heteroatoms. The summed E-state index contributed by atoms with van der Waals surface area (Å²) in [5.74, 6) is -0.0302. The fourth-order valence-corrected chi connectivity index (χ4v) is 7.29. The summed E-state index contributed by atoms with van der Waals surface area (Å²) in [6.07, 6.45) is 20.8. The van der Waals surface area contributed by atoms with E-state index in [9.17, 15) is 14.3 Å². The van der Waals surface area contributed by atoms with Gasteiger partial charge in [-0.25, -0.2) is 13.6 Å². The third-order valence-corrected chi connectivity index (χ3v) is 9.91. The predicted molar refractivity (Wildman–Crippen MR) is 178 cm³/mol. The lowest BCUT2D eigenvalue weighted by Gasteiger charge is -2.32. The van der Waals surface area contributed by atoms with Crippen LogP contribution in [-0.2, 0) is 0 Å². The molecule has 3 aliphatic rings. The van der Waals surface area contributed by atoms with Gasteiger partial charge in [-0.3, -0.25) is 0 Å². The number of benzene rings is 1. The average molecular weight is 614 g/mol. The van der Waals surface area contributed by atoms with Gasteiger partial charge in [-0.1, -0.05) is 67.3 Å². The van der Waals surface area contributed by atoms with Crippen molar-refractivity contribution in [2.45, 2.75) is 91.2 Å². The monoisotopic (exact) mass is 613 g/mol. The lowest BCUT2D eigenvalue weighted by atomic mass is 9.77. The number of fused-ring (bicyclic) bond motifs is 1. The van der Waals surface area contributed by atoms with Crippen molar-refractivity contribution in [3.05, 3.63) is 106 Å². The van der Waals surface area contributed by atoms with Gasteiger partial charge >= 0.3 is 5.97 Å². The maximum absolute atomic E-state index is 16.5. The summed E-state index contributed by atoms with van der Waals surface area (Å²) in [7, 11) is 0. The van der Waals surface area contributed by atoms with Gasteiger partial charge in [0.2, 0.25) is 0 Å². The van der Waals surface area contributed by atoms with E-state index < -0.39 is 17.5 Å². The number of aryl methyl sites for hydroxylation is 2. The Hall–Kier alpha value is -3.80. The van der Waals surface area contributed by atoms with Crippen molar-refractivity contribution in [2.75, 3.05) is 0 Å². The lowest BCUT2D eigenvalue weighted by molar-refractivity contribution is 0.0696. The molecule has 0 radical (unpaired) electrons. The maximum atomic E-state index is 16.5. The first-order valence-electron chi connectivity index (χ1n) is 16.3. The summed E-state index contributed by atoms with van der Waals surface area (Å²) in [6, 6.07) is 3.15. The number of hydrogen-bond acceptors (Lipinski definition) is 3. The Kier molecular flexibility index (Phi) is 9.91. The Morgan fingerprint density at radius 2 is 1.91 bits per heavy atom. The van der Waals surface area contributed by atoms with Crippen LogP contribution in [0.3, 0.4) is 0 Å². The van der Waals surface area contributed by atoms with Crippen LogP contribution >= 0.6 is 0 Å². The standard InChI is InChI=1S/C39H45F2NO3/c1-6-8-32-34(38(43)44)16-15-33(37(32)40)35-22-28(11-10-27-17-19-39(41,7-2)20-18-27)12-13-29-23-30(21-24(3)9-14-31(29)35)36-25(4)42-45-26(36)5/h6-8,14-16,21-24,27-28H,2,9-13,17-20H2,1,3-5H3,(H,43,44). The van der Waals surface area contributed by atoms with Crippen molar-refractivity contribution in [3.63, 3.8) is 0 Å². The molecule has 4 nitrogen and oxygen atoms in total. The minimum absolute atomic E-state index is 0.0551. The molecule has 1 aromatic heterocycles. The van der Waals surface area contributed by atoms with Gasteiger partial charge < -0.3 is 9.63 Å². The summed E-state index contributed by atoms with van der Waals surface area (Å²) in [5, 5.41) is 14.0. The number of aromatic nitrogens is 1. The summed E-state index contributed by atoms with van der Waals surface area (Å²) in [6.45, 7) is 11.5. The Labute approximate surface area is 266 Å². The first-order chi connectivity index (χ1) is 21.5. The first-order valence-corrected chi connectivity index (χ1v) is 16.3. The van der Waals surface area contributed by atoms with Crippen LogP contribution in [0.4, 0.5) is 8.78 Å². The van der Waals surface area contributed by atoms with Crippen molar-refractivity contribution in [1.29, 1.82) is 0 Å². The molecule has 0 amide bonds. The van der Waals surface area contributed by atoms with Crippen molar-refractivity contribution in [2.24, 2.45) is 17.8 Å². The van der Waals surface area contributed by atoms with Gasteiger partial charge in [0.15, 0.2) is 0 Å². The minimum Gasteiger partial charge on any atom is -0.478 e. The lowest BCUT2D eigenvalue weighted by Crippen LogP contribution is -2.27.